The van der Waals surface area contributed by atoms with E-state index in [0.29, 0.717) is 19.5 Å². The van der Waals surface area contributed by atoms with Gasteiger partial charge in [-0.3, -0.25) is 14.7 Å². The normalized spacial score (nSPS) is 19.0. The molecule has 0 spiro atoms. The molecule has 4 rings (SSSR count). The molecule has 154 valence electrons. The Morgan fingerprint density at radius 1 is 1.10 bits per heavy atom. The first-order valence-electron chi connectivity index (χ1n) is 10.3. The Labute approximate surface area is 176 Å². The minimum absolute atomic E-state index is 0.0700. The van der Waals surface area contributed by atoms with Gasteiger partial charge in [-0.2, -0.15) is 0 Å². The van der Waals surface area contributed by atoms with Crippen molar-refractivity contribution in [3.05, 3.63) is 90.0 Å². The van der Waals surface area contributed by atoms with Crippen LogP contribution in [-0.2, 0) is 17.8 Å². The molecule has 0 aliphatic carbocycles. The van der Waals surface area contributed by atoms with E-state index in [1.807, 2.05) is 24.4 Å². The number of likely N-dealkylation sites (tertiary alicyclic amines) is 1. The lowest BCUT2D eigenvalue weighted by Gasteiger charge is -2.28. The summed E-state index contributed by atoms with van der Waals surface area (Å²) >= 11 is 0. The number of hydrogen-bond donors (Lipinski definition) is 1. The van der Waals surface area contributed by atoms with Crippen molar-refractivity contribution in [3.8, 4) is 11.1 Å². The quantitative estimate of drug-likeness (QED) is 0.675. The number of pyridine rings is 1. The average molecular weight is 404 g/mol. The van der Waals surface area contributed by atoms with Crippen molar-refractivity contribution in [2.45, 2.75) is 19.4 Å². The molecule has 1 atom stereocenters. The monoisotopic (exact) mass is 403 g/mol. The molecular weight excluding hydrogens is 377 g/mol. The number of amides is 1. The van der Waals surface area contributed by atoms with E-state index in [-0.39, 0.29) is 11.7 Å². The number of halogens is 1. The van der Waals surface area contributed by atoms with Crippen LogP contribution in [0.3, 0.4) is 0 Å². The van der Waals surface area contributed by atoms with Gasteiger partial charge in [-0.1, -0.05) is 42.5 Å². The van der Waals surface area contributed by atoms with Gasteiger partial charge < -0.3 is 5.32 Å². The largest absolute Gasteiger partial charge is 0.359 e. The molecule has 2 heterocycles. The summed E-state index contributed by atoms with van der Waals surface area (Å²) in [4.78, 5) is 19.3. The molecule has 1 aromatic heterocycles. The highest BCUT2D eigenvalue weighted by Gasteiger charge is 2.44. The Bertz CT molecular complexity index is 1010. The maximum Gasteiger partial charge on any atom is 0.227 e. The Morgan fingerprint density at radius 3 is 2.63 bits per heavy atom. The molecule has 1 N–H and O–H groups in total. The maximum atomic E-state index is 13.5. The van der Waals surface area contributed by atoms with Gasteiger partial charge in [0.05, 0.1) is 5.41 Å². The van der Waals surface area contributed by atoms with E-state index in [2.05, 4.69) is 39.5 Å². The molecule has 1 aliphatic heterocycles. The number of carbonyl (C=O) groups is 1. The number of nitrogens with zero attached hydrogens (tertiary/aromatic N) is 2. The van der Waals surface area contributed by atoms with E-state index < -0.39 is 5.41 Å². The lowest BCUT2D eigenvalue weighted by Crippen LogP contribution is -2.43. The minimum atomic E-state index is -0.474. The topological polar surface area (TPSA) is 45.2 Å². The van der Waals surface area contributed by atoms with Gasteiger partial charge in [0.1, 0.15) is 5.82 Å². The van der Waals surface area contributed by atoms with Crippen molar-refractivity contribution < 1.29 is 9.18 Å². The molecule has 1 amide bonds. The lowest BCUT2D eigenvalue weighted by molar-refractivity contribution is -0.130. The molecule has 1 saturated heterocycles. The van der Waals surface area contributed by atoms with Crippen molar-refractivity contribution in [2.75, 3.05) is 20.1 Å². The number of hydrogen-bond acceptors (Lipinski definition) is 3. The zero-order valence-corrected chi connectivity index (χ0v) is 17.1. The third-order valence-electron chi connectivity index (χ3n) is 5.93. The van der Waals surface area contributed by atoms with Crippen LogP contribution in [0.2, 0.25) is 0 Å². The first-order valence-corrected chi connectivity index (χ1v) is 10.3. The molecule has 0 radical (unpaired) electrons. The van der Waals surface area contributed by atoms with Gasteiger partial charge in [-0.25, -0.2) is 4.39 Å². The summed E-state index contributed by atoms with van der Waals surface area (Å²) in [5, 5.41) is 2.86. The Morgan fingerprint density at radius 2 is 1.93 bits per heavy atom. The van der Waals surface area contributed by atoms with Crippen LogP contribution in [0.25, 0.3) is 11.1 Å². The van der Waals surface area contributed by atoms with E-state index in [9.17, 15) is 9.18 Å². The molecule has 1 fully saturated rings. The molecule has 2 aromatic carbocycles. The van der Waals surface area contributed by atoms with Gasteiger partial charge in [0.15, 0.2) is 0 Å². The van der Waals surface area contributed by atoms with Crippen LogP contribution < -0.4 is 5.32 Å². The van der Waals surface area contributed by atoms with Gasteiger partial charge in [-0.15, -0.1) is 0 Å². The van der Waals surface area contributed by atoms with E-state index >= 15 is 0 Å². The van der Waals surface area contributed by atoms with E-state index in [1.165, 1.54) is 6.07 Å². The summed E-state index contributed by atoms with van der Waals surface area (Å²) in [6.45, 7) is 2.13. The fourth-order valence-corrected chi connectivity index (χ4v) is 4.40. The summed E-state index contributed by atoms with van der Waals surface area (Å²) in [6, 6.07) is 19.0. The molecule has 4 nitrogen and oxygen atoms in total. The third-order valence-corrected chi connectivity index (χ3v) is 5.93. The van der Waals surface area contributed by atoms with Gasteiger partial charge in [0.25, 0.3) is 0 Å². The van der Waals surface area contributed by atoms with Gasteiger partial charge in [0.2, 0.25) is 5.91 Å². The molecule has 3 aromatic rings. The van der Waals surface area contributed by atoms with Crippen LogP contribution in [0.15, 0.2) is 73.1 Å². The molecule has 1 unspecified atom stereocenters. The highest BCUT2D eigenvalue weighted by atomic mass is 19.1. The van der Waals surface area contributed by atoms with Crippen LogP contribution in [0.4, 0.5) is 4.39 Å². The van der Waals surface area contributed by atoms with Gasteiger partial charge >= 0.3 is 0 Å². The molecular formula is C25H26FN3O. The molecule has 5 heteroatoms. The maximum absolute atomic E-state index is 13.5. The second kappa shape index (κ2) is 8.76. The number of carbonyl (C=O) groups excluding carboxylic acids is 1. The summed E-state index contributed by atoms with van der Waals surface area (Å²) in [7, 11) is 1.70. The number of rotatable bonds is 6. The van der Waals surface area contributed by atoms with E-state index in [1.54, 1.807) is 25.4 Å². The van der Waals surface area contributed by atoms with Crippen molar-refractivity contribution in [3.63, 3.8) is 0 Å². The zero-order valence-electron chi connectivity index (χ0n) is 17.1. The van der Waals surface area contributed by atoms with Crippen LogP contribution in [-0.4, -0.2) is 35.9 Å². The SMILES string of the molecule is CNC(=O)C1(Cc2ccc(-c3cccnc3)cc2)CCN(Cc2cccc(F)c2)C1. The summed E-state index contributed by atoms with van der Waals surface area (Å²) in [5.41, 5.74) is 3.78. The molecule has 1 aliphatic rings. The first-order chi connectivity index (χ1) is 14.6. The van der Waals surface area contributed by atoms with Crippen molar-refractivity contribution in [1.29, 1.82) is 0 Å². The number of nitrogens with one attached hydrogen (secondary N) is 1. The fourth-order valence-electron chi connectivity index (χ4n) is 4.40. The van der Waals surface area contributed by atoms with Crippen LogP contribution in [0, 0.1) is 11.2 Å². The highest BCUT2D eigenvalue weighted by Crippen LogP contribution is 2.36. The summed E-state index contributed by atoms with van der Waals surface area (Å²) in [5.74, 6) is -0.154. The van der Waals surface area contributed by atoms with Crippen molar-refractivity contribution in [2.24, 2.45) is 5.41 Å². The third kappa shape index (κ3) is 4.41. The van der Waals surface area contributed by atoms with E-state index in [4.69, 9.17) is 0 Å². The zero-order chi connectivity index (χ0) is 21.0. The predicted molar refractivity (Wildman–Crippen MR) is 116 cm³/mol. The van der Waals surface area contributed by atoms with Crippen LogP contribution >= 0.6 is 0 Å². The smallest absolute Gasteiger partial charge is 0.227 e. The second-order valence-corrected chi connectivity index (χ2v) is 8.07. The minimum Gasteiger partial charge on any atom is -0.359 e. The Kier molecular flexibility index (Phi) is 5.91. The summed E-state index contributed by atoms with van der Waals surface area (Å²) < 4.78 is 13.5. The van der Waals surface area contributed by atoms with Gasteiger partial charge in [-0.05, 0) is 59.8 Å². The predicted octanol–water partition coefficient (Wildman–Crippen LogP) is 4.07. The summed E-state index contributed by atoms with van der Waals surface area (Å²) in [6.07, 6.45) is 5.08. The number of benzene rings is 2. The van der Waals surface area contributed by atoms with Crippen LogP contribution in [0.5, 0.6) is 0 Å². The Balaban J connectivity index is 1.50. The molecule has 0 bridgehead atoms. The molecule has 0 saturated carbocycles. The fraction of sp³-hybridized carbons (Fsp3) is 0.280. The Hall–Kier alpha value is -3.05. The highest BCUT2D eigenvalue weighted by molar-refractivity contribution is 5.83. The van der Waals surface area contributed by atoms with E-state index in [0.717, 1.165) is 35.2 Å². The van der Waals surface area contributed by atoms with Crippen LogP contribution in [0.1, 0.15) is 17.5 Å². The van der Waals surface area contributed by atoms with Crippen molar-refractivity contribution in [1.82, 2.24) is 15.2 Å². The standard InChI is InChI=1S/C25H26FN3O/c1-27-24(30)25(11-13-29(18-25)17-20-4-2-6-23(26)14-20)15-19-7-9-21(10-8-19)22-5-3-12-28-16-22/h2-10,12,14,16H,11,13,15,17-18H2,1H3,(H,27,30). The van der Waals surface area contributed by atoms with Crippen molar-refractivity contribution >= 4 is 5.91 Å². The lowest BCUT2D eigenvalue weighted by atomic mass is 9.79. The first kappa shape index (κ1) is 20.2. The second-order valence-electron chi connectivity index (χ2n) is 8.07. The number of aromatic nitrogens is 1. The van der Waals surface area contributed by atoms with Gasteiger partial charge in [0, 0.05) is 32.5 Å². The molecule has 30 heavy (non-hydrogen) atoms. The average Bonchev–Trinajstić information content (AvgIpc) is 3.18.